The van der Waals surface area contributed by atoms with Crippen molar-refractivity contribution in [1.82, 2.24) is 15.2 Å². The van der Waals surface area contributed by atoms with Crippen LogP contribution in [0.1, 0.15) is 5.56 Å². The van der Waals surface area contributed by atoms with Gasteiger partial charge in [0.1, 0.15) is 5.82 Å². The van der Waals surface area contributed by atoms with Gasteiger partial charge >= 0.3 is 0 Å². The van der Waals surface area contributed by atoms with Crippen LogP contribution in [0.25, 0.3) is 0 Å². The average molecular weight is 252 g/mol. The zero-order chi connectivity index (χ0) is 13.4. The summed E-state index contributed by atoms with van der Waals surface area (Å²) in [6, 6.07) is 3.69. The van der Waals surface area contributed by atoms with Crippen LogP contribution >= 0.6 is 0 Å². The highest BCUT2D eigenvalue weighted by molar-refractivity contribution is 5.77. The number of nitrogens with one attached hydrogen (secondary N) is 1. The Morgan fingerprint density at radius 2 is 2.39 bits per heavy atom. The highest BCUT2D eigenvalue weighted by Gasteiger charge is 2.06. The van der Waals surface area contributed by atoms with Crippen molar-refractivity contribution in [2.24, 2.45) is 0 Å². The molecule has 0 bridgehead atoms. The second-order valence-corrected chi connectivity index (χ2v) is 4.10. The summed E-state index contributed by atoms with van der Waals surface area (Å²) in [5, 5.41) is 2.77. The summed E-state index contributed by atoms with van der Waals surface area (Å²) < 4.78 is 4.86. The molecule has 0 unspecified atom stereocenters. The predicted octanol–water partition coefficient (Wildman–Crippen LogP) is -0.142. The lowest BCUT2D eigenvalue weighted by Crippen LogP contribution is -2.36. The number of likely N-dealkylation sites (N-methyl/N-ethyl adjacent to an activating group) is 1. The molecule has 6 heteroatoms. The molecular formula is C12H20N4O2. The quantitative estimate of drug-likeness (QED) is 0.660. The van der Waals surface area contributed by atoms with Crippen LogP contribution in [0, 0.1) is 0 Å². The van der Waals surface area contributed by atoms with Crippen LogP contribution in [0.15, 0.2) is 18.3 Å². The van der Waals surface area contributed by atoms with E-state index >= 15 is 0 Å². The van der Waals surface area contributed by atoms with E-state index in [0.717, 1.165) is 5.56 Å². The first-order valence-corrected chi connectivity index (χ1v) is 5.76. The van der Waals surface area contributed by atoms with Gasteiger partial charge in [0.25, 0.3) is 0 Å². The maximum absolute atomic E-state index is 11.5. The zero-order valence-electron chi connectivity index (χ0n) is 10.8. The van der Waals surface area contributed by atoms with E-state index in [9.17, 15) is 4.79 Å². The van der Waals surface area contributed by atoms with E-state index in [1.54, 1.807) is 19.4 Å². The Hall–Kier alpha value is -1.66. The molecule has 1 amide bonds. The first-order valence-electron chi connectivity index (χ1n) is 5.76. The van der Waals surface area contributed by atoms with Crippen molar-refractivity contribution >= 4 is 11.7 Å². The van der Waals surface area contributed by atoms with Crippen LogP contribution in [0.3, 0.4) is 0 Å². The average Bonchev–Trinajstić information content (AvgIpc) is 2.29. The lowest BCUT2D eigenvalue weighted by Gasteiger charge is -2.16. The summed E-state index contributed by atoms with van der Waals surface area (Å²) >= 11 is 0. The van der Waals surface area contributed by atoms with Crippen molar-refractivity contribution < 1.29 is 9.53 Å². The third kappa shape index (κ3) is 5.60. The predicted molar refractivity (Wildman–Crippen MR) is 69.9 cm³/mol. The molecular weight excluding hydrogens is 232 g/mol. The molecule has 0 radical (unpaired) electrons. The Labute approximate surface area is 107 Å². The largest absolute Gasteiger partial charge is 0.384 e. The Bertz CT molecular complexity index is 384. The number of nitrogens with two attached hydrogens (primary N) is 1. The molecule has 1 rings (SSSR count). The molecule has 0 aromatic carbocycles. The highest BCUT2D eigenvalue weighted by atomic mass is 16.5. The van der Waals surface area contributed by atoms with Crippen molar-refractivity contribution in [2.45, 2.75) is 6.54 Å². The molecule has 0 fully saturated rings. The molecule has 0 atom stereocenters. The monoisotopic (exact) mass is 252 g/mol. The molecule has 18 heavy (non-hydrogen) atoms. The molecule has 0 aliphatic heterocycles. The van der Waals surface area contributed by atoms with Gasteiger partial charge in [0, 0.05) is 26.4 Å². The second kappa shape index (κ2) is 7.62. The summed E-state index contributed by atoms with van der Waals surface area (Å²) in [4.78, 5) is 17.4. The maximum Gasteiger partial charge on any atom is 0.234 e. The lowest BCUT2D eigenvalue weighted by atomic mass is 10.2. The molecule has 0 aliphatic carbocycles. The molecule has 0 spiro atoms. The molecule has 0 aliphatic rings. The molecule has 1 heterocycles. The van der Waals surface area contributed by atoms with Crippen molar-refractivity contribution in [3.63, 3.8) is 0 Å². The van der Waals surface area contributed by atoms with E-state index < -0.39 is 0 Å². The van der Waals surface area contributed by atoms with Gasteiger partial charge in [-0.25, -0.2) is 4.98 Å². The van der Waals surface area contributed by atoms with Gasteiger partial charge in [-0.15, -0.1) is 0 Å². The zero-order valence-corrected chi connectivity index (χ0v) is 10.8. The van der Waals surface area contributed by atoms with E-state index in [1.807, 2.05) is 18.0 Å². The first-order chi connectivity index (χ1) is 8.61. The Balaban J connectivity index is 2.32. The van der Waals surface area contributed by atoms with Gasteiger partial charge in [0.2, 0.25) is 5.91 Å². The van der Waals surface area contributed by atoms with E-state index in [-0.39, 0.29) is 5.91 Å². The minimum absolute atomic E-state index is 0.0171. The number of nitrogens with zero attached hydrogens (tertiary/aromatic N) is 2. The molecule has 1 aromatic heterocycles. The number of anilines is 1. The smallest absolute Gasteiger partial charge is 0.234 e. The number of carbonyl (C=O) groups is 1. The number of amides is 1. The van der Waals surface area contributed by atoms with Crippen LogP contribution in [0.2, 0.25) is 0 Å². The number of hydrogen-bond acceptors (Lipinski definition) is 5. The van der Waals surface area contributed by atoms with Crippen LogP contribution < -0.4 is 11.1 Å². The number of methoxy groups -OCH3 is 1. The number of aromatic nitrogens is 1. The fourth-order valence-electron chi connectivity index (χ4n) is 1.55. The molecule has 0 saturated heterocycles. The Morgan fingerprint density at radius 1 is 1.61 bits per heavy atom. The minimum Gasteiger partial charge on any atom is -0.384 e. The molecule has 1 aromatic rings. The molecule has 0 saturated carbocycles. The fraction of sp³-hybridized carbons (Fsp3) is 0.500. The van der Waals surface area contributed by atoms with Crippen LogP contribution in [-0.2, 0) is 16.1 Å². The van der Waals surface area contributed by atoms with Gasteiger partial charge in [0.05, 0.1) is 13.2 Å². The van der Waals surface area contributed by atoms with Crippen molar-refractivity contribution in [3.05, 3.63) is 23.9 Å². The van der Waals surface area contributed by atoms with E-state index in [1.165, 1.54) is 0 Å². The number of pyridine rings is 1. The number of rotatable bonds is 7. The molecule has 100 valence electrons. The van der Waals surface area contributed by atoms with Crippen LogP contribution in [0.4, 0.5) is 5.82 Å². The van der Waals surface area contributed by atoms with Crippen molar-refractivity contribution in [3.8, 4) is 0 Å². The SMILES string of the molecule is COCCNC(=O)CN(C)Cc1ccnc(N)c1. The number of carbonyl (C=O) groups excluding carboxylic acids is 1. The number of nitrogen functional groups attached to an aromatic ring is 1. The molecule has 3 N–H and O–H groups in total. The van der Waals surface area contributed by atoms with Gasteiger partial charge < -0.3 is 15.8 Å². The van der Waals surface area contributed by atoms with Crippen molar-refractivity contribution in [1.29, 1.82) is 0 Å². The van der Waals surface area contributed by atoms with Crippen LogP contribution in [0.5, 0.6) is 0 Å². The van der Waals surface area contributed by atoms with Gasteiger partial charge in [-0.1, -0.05) is 0 Å². The Kier molecular flexibility index (Phi) is 6.10. The first kappa shape index (κ1) is 14.4. The van der Waals surface area contributed by atoms with Gasteiger partial charge in [-0.2, -0.15) is 0 Å². The van der Waals surface area contributed by atoms with Crippen LogP contribution in [-0.4, -0.2) is 49.6 Å². The maximum atomic E-state index is 11.5. The fourth-order valence-corrected chi connectivity index (χ4v) is 1.55. The third-order valence-corrected chi connectivity index (χ3v) is 2.34. The van der Waals surface area contributed by atoms with E-state index in [0.29, 0.717) is 32.1 Å². The van der Waals surface area contributed by atoms with E-state index in [2.05, 4.69) is 10.3 Å². The summed E-state index contributed by atoms with van der Waals surface area (Å²) in [5.74, 6) is 0.474. The van der Waals surface area contributed by atoms with Gasteiger partial charge in [0.15, 0.2) is 0 Å². The lowest BCUT2D eigenvalue weighted by molar-refractivity contribution is -0.122. The minimum atomic E-state index is -0.0171. The normalized spacial score (nSPS) is 10.6. The van der Waals surface area contributed by atoms with Gasteiger partial charge in [-0.05, 0) is 24.7 Å². The van der Waals surface area contributed by atoms with Gasteiger partial charge in [-0.3, -0.25) is 9.69 Å². The Morgan fingerprint density at radius 3 is 3.06 bits per heavy atom. The van der Waals surface area contributed by atoms with E-state index in [4.69, 9.17) is 10.5 Å². The topological polar surface area (TPSA) is 80.5 Å². The summed E-state index contributed by atoms with van der Waals surface area (Å²) in [6.45, 7) is 2.05. The highest BCUT2D eigenvalue weighted by Crippen LogP contribution is 2.05. The molecule has 6 nitrogen and oxygen atoms in total. The number of hydrogen-bond donors (Lipinski definition) is 2. The number of ether oxygens (including phenoxy) is 1. The summed E-state index contributed by atoms with van der Waals surface area (Å²) in [6.07, 6.45) is 1.66. The summed E-state index contributed by atoms with van der Waals surface area (Å²) in [7, 11) is 3.48. The van der Waals surface area contributed by atoms with Crippen molar-refractivity contribution in [2.75, 3.05) is 39.6 Å². The second-order valence-electron chi connectivity index (χ2n) is 4.10. The third-order valence-electron chi connectivity index (χ3n) is 2.34. The summed E-state index contributed by atoms with van der Waals surface area (Å²) in [5.41, 5.74) is 6.63. The standard InChI is InChI=1S/C12H20N4O2/c1-16(9-12(17)15-5-6-18-2)8-10-3-4-14-11(13)7-10/h3-4,7H,5-6,8-9H2,1-2H3,(H2,13,14)(H,15,17).